The lowest BCUT2D eigenvalue weighted by Crippen LogP contribution is -2.26. The zero-order valence-electron chi connectivity index (χ0n) is 12.2. The molecule has 0 saturated carbocycles. The Kier molecular flexibility index (Phi) is 4.23. The average Bonchev–Trinajstić information content (AvgIpc) is 2.47. The lowest BCUT2D eigenvalue weighted by atomic mass is 9.78. The molecule has 0 radical (unpaired) electrons. The molecule has 0 saturated heterocycles. The molecule has 0 spiro atoms. The molecular formula is C18H20O2. The molecule has 2 nitrogen and oxygen atoms in total. The third kappa shape index (κ3) is 3.08. The van der Waals surface area contributed by atoms with E-state index in [1.54, 1.807) is 7.11 Å². The third-order valence-corrected chi connectivity index (χ3v) is 3.66. The van der Waals surface area contributed by atoms with Crippen molar-refractivity contribution in [2.75, 3.05) is 7.11 Å². The SMILES string of the molecule is COc1ccc(C(C)(C=O)Cc2cccc(C)c2)cc1. The van der Waals surface area contributed by atoms with Gasteiger partial charge >= 0.3 is 0 Å². The Bertz CT molecular complexity index is 587. The van der Waals surface area contributed by atoms with Crippen LogP contribution in [0.1, 0.15) is 23.6 Å². The van der Waals surface area contributed by atoms with E-state index in [1.807, 2.05) is 37.3 Å². The van der Waals surface area contributed by atoms with E-state index >= 15 is 0 Å². The molecule has 0 N–H and O–H groups in total. The molecule has 1 atom stereocenters. The van der Waals surface area contributed by atoms with E-state index < -0.39 is 5.41 Å². The van der Waals surface area contributed by atoms with Crippen molar-refractivity contribution in [3.05, 3.63) is 65.2 Å². The van der Waals surface area contributed by atoms with Crippen LogP contribution in [0.4, 0.5) is 0 Å². The van der Waals surface area contributed by atoms with Crippen LogP contribution >= 0.6 is 0 Å². The number of carbonyl (C=O) groups excluding carboxylic acids is 1. The van der Waals surface area contributed by atoms with Crippen molar-refractivity contribution in [2.45, 2.75) is 25.7 Å². The van der Waals surface area contributed by atoms with Crippen LogP contribution in [-0.2, 0) is 16.6 Å². The molecule has 0 aliphatic carbocycles. The topological polar surface area (TPSA) is 26.3 Å². The number of carbonyl (C=O) groups is 1. The van der Waals surface area contributed by atoms with Gasteiger partial charge in [0, 0.05) is 0 Å². The highest BCUT2D eigenvalue weighted by atomic mass is 16.5. The van der Waals surface area contributed by atoms with Gasteiger partial charge in [0.15, 0.2) is 0 Å². The molecule has 2 rings (SSSR count). The van der Waals surface area contributed by atoms with Crippen molar-refractivity contribution < 1.29 is 9.53 Å². The summed E-state index contributed by atoms with van der Waals surface area (Å²) >= 11 is 0. The van der Waals surface area contributed by atoms with Crippen molar-refractivity contribution in [2.24, 2.45) is 0 Å². The Hall–Kier alpha value is -2.09. The van der Waals surface area contributed by atoms with Crippen LogP contribution in [0.15, 0.2) is 48.5 Å². The smallest absolute Gasteiger partial charge is 0.130 e. The van der Waals surface area contributed by atoms with Crippen LogP contribution in [0.2, 0.25) is 0 Å². The fourth-order valence-corrected chi connectivity index (χ4v) is 2.43. The number of ether oxygens (including phenoxy) is 1. The van der Waals surface area contributed by atoms with Crippen LogP contribution in [0, 0.1) is 6.92 Å². The minimum Gasteiger partial charge on any atom is -0.497 e. The highest BCUT2D eigenvalue weighted by Gasteiger charge is 2.26. The Balaban J connectivity index is 2.30. The normalized spacial score (nSPS) is 13.6. The predicted molar refractivity (Wildman–Crippen MR) is 81.3 cm³/mol. The third-order valence-electron chi connectivity index (χ3n) is 3.66. The van der Waals surface area contributed by atoms with Crippen LogP contribution in [0.3, 0.4) is 0 Å². The van der Waals surface area contributed by atoms with Gasteiger partial charge in [0.1, 0.15) is 12.0 Å². The highest BCUT2D eigenvalue weighted by Crippen LogP contribution is 2.28. The standard InChI is InChI=1S/C18H20O2/c1-14-5-4-6-15(11-14)12-18(2,13-19)16-7-9-17(20-3)10-8-16/h4-11,13H,12H2,1-3H3. The van der Waals surface area contributed by atoms with Crippen molar-refractivity contribution >= 4 is 6.29 Å². The second-order valence-corrected chi connectivity index (χ2v) is 5.43. The van der Waals surface area contributed by atoms with Gasteiger partial charge in [-0.2, -0.15) is 0 Å². The summed E-state index contributed by atoms with van der Waals surface area (Å²) in [7, 11) is 1.64. The van der Waals surface area contributed by atoms with Crippen molar-refractivity contribution in [3.63, 3.8) is 0 Å². The van der Waals surface area contributed by atoms with Gasteiger partial charge in [-0.05, 0) is 43.5 Å². The maximum absolute atomic E-state index is 11.6. The number of methoxy groups -OCH3 is 1. The molecule has 0 fully saturated rings. The Labute approximate surface area is 120 Å². The first-order valence-electron chi connectivity index (χ1n) is 6.74. The van der Waals surface area contributed by atoms with Gasteiger partial charge in [-0.25, -0.2) is 0 Å². The van der Waals surface area contributed by atoms with Gasteiger partial charge in [0.2, 0.25) is 0 Å². The molecule has 0 heterocycles. The van der Waals surface area contributed by atoms with Crippen LogP contribution in [0.25, 0.3) is 0 Å². The first-order valence-corrected chi connectivity index (χ1v) is 6.74. The van der Waals surface area contributed by atoms with E-state index in [1.165, 1.54) is 11.1 Å². The lowest BCUT2D eigenvalue weighted by molar-refractivity contribution is -0.112. The molecule has 2 heteroatoms. The summed E-state index contributed by atoms with van der Waals surface area (Å²) in [6, 6.07) is 16.0. The van der Waals surface area contributed by atoms with Gasteiger partial charge in [-0.3, -0.25) is 0 Å². The van der Waals surface area contributed by atoms with Crippen molar-refractivity contribution in [3.8, 4) is 5.75 Å². The van der Waals surface area contributed by atoms with Crippen LogP contribution in [0.5, 0.6) is 5.75 Å². The molecular weight excluding hydrogens is 248 g/mol. The quantitative estimate of drug-likeness (QED) is 0.773. The van der Waals surface area contributed by atoms with E-state index in [4.69, 9.17) is 4.74 Å². The maximum Gasteiger partial charge on any atom is 0.130 e. The Morgan fingerprint density at radius 2 is 1.85 bits per heavy atom. The van der Waals surface area contributed by atoms with Gasteiger partial charge < -0.3 is 9.53 Å². The molecule has 0 aliphatic heterocycles. The van der Waals surface area contributed by atoms with Crippen LogP contribution < -0.4 is 4.74 Å². The number of rotatable bonds is 5. The van der Waals surface area contributed by atoms with Crippen molar-refractivity contribution in [1.82, 2.24) is 0 Å². The first-order chi connectivity index (χ1) is 9.57. The molecule has 0 bridgehead atoms. The average molecular weight is 268 g/mol. The number of aryl methyl sites for hydroxylation is 1. The van der Waals surface area contributed by atoms with Crippen LogP contribution in [-0.4, -0.2) is 13.4 Å². The summed E-state index contributed by atoms with van der Waals surface area (Å²) in [5, 5.41) is 0. The second-order valence-electron chi connectivity index (χ2n) is 5.43. The maximum atomic E-state index is 11.6. The van der Waals surface area contributed by atoms with Gasteiger partial charge in [-0.15, -0.1) is 0 Å². The Morgan fingerprint density at radius 1 is 1.15 bits per heavy atom. The summed E-state index contributed by atoms with van der Waals surface area (Å²) in [5.74, 6) is 0.803. The Morgan fingerprint density at radius 3 is 2.40 bits per heavy atom. The number of hydrogen-bond acceptors (Lipinski definition) is 2. The molecule has 104 valence electrons. The summed E-state index contributed by atoms with van der Waals surface area (Å²) in [6.07, 6.45) is 1.74. The second kappa shape index (κ2) is 5.91. The molecule has 20 heavy (non-hydrogen) atoms. The predicted octanol–water partition coefficient (Wildman–Crippen LogP) is 3.70. The van der Waals surface area contributed by atoms with Gasteiger partial charge in [0.25, 0.3) is 0 Å². The van der Waals surface area contributed by atoms with Gasteiger partial charge in [0.05, 0.1) is 12.5 Å². The van der Waals surface area contributed by atoms with Crippen molar-refractivity contribution in [1.29, 1.82) is 0 Å². The molecule has 0 aromatic heterocycles. The lowest BCUT2D eigenvalue weighted by Gasteiger charge is -2.24. The minimum absolute atomic E-state index is 0.514. The van der Waals surface area contributed by atoms with E-state index in [9.17, 15) is 4.79 Å². The fourth-order valence-electron chi connectivity index (χ4n) is 2.43. The summed E-state index contributed by atoms with van der Waals surface area (Å²) in [4.78, 5) is 11.6. The summed E-state index contributed by atoms with van der Waals surface area (Å²) in [5.41, 5.74) is 2.88. The summed E-state index contributed by atoms with van der Waals surface area (Å²) < 4.78 is 5.16. The van der Waals surface area contributed by atoms with E-state index in [2.05, 4.69) is 25.1 Å². The highest BCUT2D eigenvalue weighted by molar-refractivity contribution is 5.69. The zero-order valence-corrected chi connectivity index (χ0v) is 12.2. The molecule has 2 aromatic rings. The van der Waals surface area contributed by atoms with E-state index in [0.29, 0.717) is 6.42 Å². The first kappa shape index (κ1) is 14.3. The van der Waals surface area contributed by atoms with E-state index in [0.717, 1.165) is 17.6 Å². The number of hydrogen-bond donors (Lipinski definition) is 0. The summed E-state index contributed by atoms with van der Waals surface area (Å²) in [6.45, 7) is 4.04. The molecule has 0 aliphatic rings. The van der Waals surface area contributed by atoms with E-state index in [-0.39, 0.29) is 0 Å². The molecule has 2 aromatic carbocycles. The number of aldehydes is 1. The fraction of sp³-hybridized carbons (Fsp3) is 0.278. The monoisotopic (exact) mass is 268 g/mol. The minimum atomic E-state index is -0.514. The molecule has 0 amide bonds. The number of benzene rings is 2. The van der Waals surface area contributed by atoms with Gasteiger partial charge in [-0.1, -0.05) is 42.0 Å². The molecule has 1 unspecified atom stereocenters. The largest absolute Gasteiger partial charge is 0.497 e. The zero-order chi connectivity index (χ0) is 14.6.